The van der Waals surface area contributed by atoms with Gasteiger partial charge in [-0.25, -0.2) is 0 Å². The van der Waals surface area contributed by atoms with Crippen molar-refractivity contribution in [3.8, 4) is 17.2 Å². The predicted molar refractivity (Wildman–Crippen MR) is 141 cm³/mol. The predicted octanol–water partition coefficient (Wildman–Crippen LogP) is 3.95. The lowest BCUT2D eigenvalue weighted by Crippen LogP contribution is -2.76. The van der Waals surface area contributed by atoms with Gasteiger partial charge in [0.15, 0.2) is 11.5 Å². The highest BCUT2D eigenvalue weighted by Crippen LogP contribution is 2.64. The number of phenolic OH excluding ortho intramolecular Hbond substituents is 1. The number of halogens is 3. The summed E-state index contributed by atoms with van der Waals surface area (Å²) < 4.78 is 48.2. The molecule has 2 aromatic carbocycles. The molecule has 1 amide bonds. The molecule has 210 valence electrons. The molecule has 0 radical (unpaired) electrons. The first-order chi connectivity index (χ1) is 19.0. The highest BCUT2D eigenvalue weighted by molar-refractivity contribution is 5.92. The second-order valence-corrected chi connectivity index (χ2v) is 10.8. The average Bonchev–Trinajstić information content (AvgIpc) is 3.25. The minimum Gasteiger partial charge on any atom is -0.504 e. The highest BCUT2D eigenvalue weighted by atomic mass is 19.4. The molecule has 2 aliphatic carbocycles. The second-order valence-electron chi connectivity index (χ2n) is 10.8. The number of piperidine rings is 1. The number of likely N-dealkylation sites (N-methyl/N-ethyl adjacent to an activating group) is 1. The van der Waals surface area contributed by atoms with E-state index in [1.54, 1.807) is 31.3 Å². The summed E-state index contributed by atoms with van der Waals surface area (Å²) in [5.74, 6) is -0.445. The summed E-state index contributed by atoms with van der Waals surface area (Å²) in [7, 11) is 1.62. The Morgan fingerprint density at radius 1 is 1.32 bits per heavy atom. The van der Waals surface area contributed by atoms with Crippen LogP contribution in [0.25, 0.3) is 6.08 Å². The van der Waals surface area contributed by atoms with E-state index < -0.39 is 35.4 Å². The zero-order valence-electron chi connectivity index (χ0n) is 21.8. The van der Waals surface area contributed by atoms with Crippen LogP contribution in [-0.4, -0.2) is 76.2 Å². The molecular formula is C30H29F3N2O5. The van der Waals surface area contributed by atoms with Crippen molar-refractivity contribution >= 4 is 12.0 Å². The molecule has 1 saturated heterocycles. The number of hydrogen-bond donors (Lipinski definition) is 2. The van der Waals surface area contributed by atoms with E-state index in [0.29, 0.717) is 37.2 Å². The normalized spacial score (nSPS) is 30.1. The van der Waals surface area contributed by atoms with Gasteiger partial charge in [-0.1, -0.05) is 36.4 Å². The molecule has 1 spiro atoms. The van der Waals surface area contributed by atoms with Gasteiger partial charge < -0.3 is 24.6 Å². The number of nitrogens with zero attached hydrogens (tertiary/aromatic N) is 2. The summed E-state index contributed by atoms with van der Waals surface area (Å²) >= 11 is 0. The number of likely N-dealkylation sites (tertiary alicyclic amines) is 1. The first-order valence-corrected chi connectivity index (χ1v) is 13.1. The fourth-order valence-corrected chi connectivity index (χ4v) is 7.13. The summed E-state index contributed by atoms with van der Waals surface area (Å²) in [6, 6.07) is 8.01. The number of carbonyl (C=O) groups excluding carboxylic acids is 1. The SMILES string of the molecule is C=CCN1CC[C@]23c4c5ccc(O)c4O[C@H]2[C@H](N(C)C(=O)C=Cc2cccc(OC(F)(F)F)c2)C=C[C@@]3(O)[C@H]1C5. The third kappa shape index (κ3) is 3.84. The van der Waals surface area contributed by atoms with Crippen LogP contribution in [-0.2, 0) is 16.6 Å². The van der Waals surface area contributed by atoms with Crippen LogP contribution >= 0.6 is 0 Å². The summed E-state index contributed by atoms with van der Waals surface area (Å²) in [6.45, 7) is 5.17. The molecule has 40 heavy (non-hydrogen) atoms. The number of aromatic hydroxyl groups is 1. The molecule has 2 aromatic rings. The van der Waals surface area contributed by atoms with Crippen molar-refractivity contribution in [2.45, 2.75) is 48.4 Å². The zero-order chi connectivity index (χ0) is 28.4. The molecule has 2 aliphatic heterocycles. The van der Waals surface area contributed by atoms with E-state index in [1.807, 2.05) is 12.1 Å². The minimum absolute atomic E-state index is 0.00886. The number of benzene rings is 2. The van der Waals surface area contributed by atoms with Crippen LogP contribution < -0.4 is 9.47 Å². The van der Waals surface area contributed by atoms with Gasteiger partial charge in [0.05, 0.1) is 11.5 Å². The van der Waals surface area contributed by atoms with Crippen molar-refractivity contribution < 1.29 is 37.7 Å². The quantitative estimate of drug-likeness (QED) is 0.416. The van der Waals surface area contributed by atoms with Crippen molar-refractivity contribution in [2.24, 2.45) is 0 Å². The highest BCUT2D eigenvalue weighted by Gasteiger charge is 2.72. The van der Waals surface area contributed by atoms with Gasteiger partial charge in [-0.2, -0.15) is 0 Å². The molecule has 0 saturated carbocycles. The number of ether oxygens (including phenoxy) is 2. The standard InChI is InChI=1S/C30H29F3N2O5/c1-3-14-35-15-13-28-25-19-8-9-22(36)26(25)39-27(28)21(11-12-29(28,38)23(35)17-19)34(2)24(37)10-7-18-5-4-6-20(16-18)40-30(31,32)33/h3-12,16,21,23,27,36,38H,1,13-15,17H2,2H3/t21-,23-,27+,28+,29-/m1/s1. The summed E-state index contributed by atoms with van der Waals surface area (Å²) in [5, 5.41) is 23.1. The van der Waals surface area contributed by atoms with Gasteiger partial charge in [0.2, 0.25) is 5.91 Å². The third-order valence-electron chi connectivity index (χ3n) is 8.80. The fourth-order valence-electron chi connectivity index (χ4n) is 7.13. The van der Waals surface area contributed by atoms with Gasteiger partial charge in [-0.3, -0.25) is 9.69 Å². The Kier molecular flexibility index (Phi) is 6.05. The Morgan fingerprint density at radius 2 is 2.12 bits per heavy atom. The number of alkyl halides is 3. The molecule has 2 heterocycles. The largest absolute Gasteiger partial charge is 0.573 e. The minimum atomic E-state index is -4.82. The number of rotatable bonds is 6. The molecule has 2 bridgehead atoms. The molecule has 2 N–H and O–H groups in total. The van der Waals surface area contributed by atoms with Gasteiger partial charge in [0, 0.05) is 37.8 Å². The van der Waals surface area contributed by atoms with Crippen LogP contribution in [0.15, 0.2) is 67.3 Å². The van der Waals surface area contributed by atoms with Crippen molar-refractivity contribution in [1.29, 1.82) is 0 Å². The molecule has 4 aliphatic rings. The van der Waals surface area contributed by atoms with E-state index in [2.05, 4.69) is 16.2 Å². The Labute approximate surface area is 229 Å². The molecule has 0 unspecified atom stereocenters. The Balaban J connectivity index is 1.33. The van der Waals surface area contributed by atoms with E-state index in [0.717, 1.165) is 11.1 Å². The van der Waals surface area contributed by atoms with Gasteiger partial charge >= 0.3 is 6.36 Å². The Morgan fingerprint density at radius 3 is 2.88 bits per heavy atom. The van der Waals surface area contributed by atoms with E-state index >= 15 is 0 Å². The monoisotopic (exact) mass is 554 g/mol. The number of hydrogen-bond acceptors (Lipinski definition) is 6. The van der Waals surface area contributed by atoms with E-state index in [4.69, 9.17) is 4.74 Å². The smallest absolute Gasteiger partial charge is 0.504 e. The molecule has 7 nitrogen and oxygen atoms in total. The fraction of sp³-hybridized carbons (Fsp3) is 0.367. The van der Waals surface area contributed by atoms with Gasteiger partial charge in [0.25, 0.3) is 0 Å². The summed E-state index contributed by atoms with van der Waals surface area (Å²) in [6.07, 6.45) is 3.73. The van der Waals surface area contributed by atoms with Crippen LogP contribution in [0, 0.1) is 0 Å². The molecular weight excluding hydrogens is 525 g/mol. The molecule has 0 aromatic heterocycles. The number of amides is 1. The summed E-state index contributed by atoms with van der Waals surface area (Å²) in [5.41, 5.74) is 0.00158. The van der Waals surface area contributed by atoms with Crippen molar-refractivity contribution in [3.05, 3.63) is 84.0 Å². The Hall–Kier alpha value is -3.76. The summed E-state index contributed by atoms with van der Waals surface area (Å²) in [4.78, 5) is 17.0. The number of phenols is 1. The first-order valence-electron chi connectivity index (χ1n) is 13.1. The van der Waals surface area contributed by atoms with Crippen LogP contribution in [0.2, 0.25) is 0 Å². The van der Waals surface area contributed by atoms with Crippen molar-refractivity contribution in [1.82, 2.24) is 9.80 Å². The van der Waals surface area contributed by atoms with Crippen molar-refractivity contribution in [3.63, 3.8) is 0 Å². The van der Waals surface area contributed by atoms with E-state index in [-0.39, 0.29) is 17.5 Å². The molecule has 1 fully saturated rings. The maximum Gasteiger partial charge on any atom is 0.573 e. The second kappa shape index (κ2) is 9.14. The molecule has 6 rings (SSSR count). The first kappa shape index (κ1) is 26.5. The van der Waals surface area contributed by atoms with Crippen LogP contribution in [0.1, 0.15) is 23.1 Å². The lowest BCUT2D eigenvalue weighted by Gasteiger charge is -2.62. The number of aliphatic hydroxyl groups is 1. The topological polar surface area (TPSA) is 82.5 Å². The lowest BCUT2D eigenvalue weighted by molar-refractivity contribution is -0.274. The van der Waals surface area contributed by atoms with Crippen LogP contribution in [0.5, 0.6) is 17.2 Å². The maximum absolute atomic E-state index is 13.3. The lowest BCUT2D eigenvalue weighted by atomic mass is 9.50. The maximum atomic E-state index is 13.3. The average molecular weight is 555 g/mol. The van der Waals surface area contributed by atoms with E-state index in [9.17, 15) is 28.2 Å². The van der Waals surface area contributed by atoms with Gasteiger partial charge in [-0.05, 0) is 48.2 Å². The van der Waals surface area contributed by atoms with Crippen molar-refractivity contribution in [2.75, 3.05) is 20.1 Å². The third-order valence-corrected chi connectivity index (χ3v) is 8.80. The van der Waals surface area contributed by atoms with Gasteiger partial charge in [0.1, 0.15) is 17.5 Å². The van der Waals surface area contributed by atoms with E-state index in [1.165, 1.54) is 35.3 Å². The number of carbonyl (C=O) groups is 1. The van der Waals surface area contributed by atoms with Crippen LogP contribution in [0.3, 0.4) is 0 Å². The van der Waals surface area contributed by atoms with Crippen LogP contribution in [0.4, 0.5) is 13.2 Å². The molecule has 5 atom stereocenters. The zero-order valence-corrected chi connectivity index (χ0v) is 21.8. The Bertz CT molecular complexity index is 1440. The molecule has 10 heteroatoms. The van der Waals surface area contributed by atoms with Gasteiger partial charge in [-0.15, -0.1) is 19.8 Å².